The van der Waals surface area contributed by atoms with Gasteiger partial charge in [0.15, 0.2) is 23.0 Å². The Hall–Kier alpha value is -5.76. The maximum atomic E-state index is 13.0. The minimum absolute atomic E-state index is 0. The zero-order chi connectivity index (χ0) is 66.6. The Kier molecular flexibility index (Phi) is 35.2. The van der Waals surface area contributed by atoms with Gasteiger partial charge in [0.25, 0.3) is 9.05 Å². The summed E-state index contributed by atoms with van der Waals surface area (Å²) in [6.07, 6.45) is 5.18. The number of para-hydroxylation sites is 2. The number of carbonyl (C=O) groups is 5. The Labute approximate surface area is 581 Å². The second kappa shape index (κ2) is 39.3. The van der Waals surface area contributed by atoms with Crippen molar-refractivity contribution in [1.29, 1.82) is 0 Å². The van der Waals surface area contributed by atoms with Crippen molar-refractivity contribution in [3.8, 4) is 23.0 Å². The third-order valence-electron chi connectivity index (χ3n) is 14.2. The van der Waals surface area contributed by atoms with Crippen molar-refractivity contribution in [2.24, 2.45) is 5.92 Å². The van der Waals surface area contributed by atoms with E-state index < -0.39 is 42.2 Å². The van der Waals surface area contributed by atoms with Crippen LogP contribution in [0.1, 0.15) is 112 Å². The van der Waals surface area contributed by atoms with Crippen molar-refractivity contribution in [2.45, 2.75) is 150 Å². The van der Waals surface area contributed by atoms with Gasteiger partial charge < -0.3 is 38.4 Å². The number of halogens is 6. The summed E-state index contributed by atoms with van der Waals surface area (Å²) in [6.45, 7) is 17.3. The summed E-state index contributed by atoms with van der Waals surface area (Å²) >= 11 is 7.81. The molecular weight excluding hydrogens is 1370 g/mol. The molecule has 93 heavy (non-hydrogen) atoms. The molecule has 0 bridgehead atoms. The van der Waals surface area contributed by atoms with Crippen LogP contribution in [0.15, 0.2) is 142 Å². The van der Waals surface area contributed by atoms with E-state index in [2.05, 4.69) is 61.9 Å². The Morgan fingerprint density at radius 1 is 0.452 bits per heavy atom. The zero-order valence-corrected chi connectivity index (χ0v) is 58.5. The topological polar surface area (TPSA) is 209 Å². The first-order valence-corrected chi connectivity index (χ1v) is 38.6. The van der Waals surface area contributed by atoms with Gasteiger partial charge in [-0.15, -0.1) is 23.2 Å². The molecule has 3 atom stereocenters. The molecule has 17 nitrogen and oxygen atoms in total. The Morgan fingerprint density at radius 2 is 0.753 bits per heavy atom. The summed E-state index contributed by atoms with van der Waals surface area (Å²) < 4.78 is 73.4. The van der Waals surface area contributed by atoms with Gasteiger partial charge in [0.1, 0.15) is 26.4 Å². The van der Waals surface area contributed by atoms with Gasteiger partial charge in [-0.2, -0.15) is 0 Å². The summed E-state index contributed by atoms with van der Waals surface area (Å²) in [7, 11) is 12.6. The van der Waals surface area contributed by atoms with Crippen molar-refractivity contribution in [2.75, 3.05) is 46.5 Å². The molecule has 0 N–H and O–H groups in total. The number of hydrogen-bond donors (Lipinski definition) is 0. The molecule has 0 radical (unpaired) electrons. The van der Waals surface area contributed by atoms with E-state index in [-0.39, 0.29) is 66.1 Å². The van der Waals surface area contributed by atoms with Gasteiger partial charge in [-0.25, -0.2) is 47.0 Å². The Bertz CT molecular complexity index is 3610. The quantitative estimate of drug-likeness (QED) is 0.0531. The smallest absolute Gasteiger partial charge is 0.486 e. The normalized spacial score (nSPS) is 16.0. The van der Waals surface area contributed by atoms with Crippen molar-refractivity contribution >= 4 is 141 Å². The van der Waals surface area contributed by atoms with E-state index in [4.69, 9.17) is 83.0 Å². The predicted molar refractivity (Wildman–Crippen MR) is 377 cm³/mol. The van der Waals surface area contributed by atoms with Gasteiger partial charge in [-0.3, -0.25) is 24.0 Å². The number of alkyl halides is 2. The minimum atomic E-state index is -3.70. The highest BCUT2D eigenvalue weighted by molar-refractivity contribution is 8.13. The fraction of sp³-hybridized carbons (Fsp3) is 0.388. The van der Waals surface area contributed by atoms with Crippen LogP contribution in [0.3, 0.4) is 0 Å². The van der Waals surface area contributed by atoms with E-state index >= 15 is 0 Å². The van der Waals surface area contributed by atoms with Gasteiger partial charge in [0.2, 0.25) is 27.6 Å². The molecule has 6 aromatic carbocycles. The van der Waals surface area contributed by atoms with E-state index in [0.29, 0.717) is 67.9 Å². The van der Waals surface area contributed by atoms with Crippen molar-refractivity contribution < 1.29 is 64.5 Å². The lowest BCUT2D eigenvalue weighted by molar-refractivity contribution is -0.156. The molecular formula is C67H84AlCl6N3O14S2. The average Bonchev–Trinajstić information content (AvgIpc) is 1.77. The number of ether oxygens (including phenoxy) is 5. The standard InChI is InChI=1S/C19H19NO5S.2C11H13NO.C10H12.C8H7ClO4S.C4H6O3.CH2Cl2.3CH4.Al.3ClH/c1-12-9-14-10-15(3-5-17(14)20(12)13(2)21)26(22,23)16-4-6-18-19(11-16)25-8-7-24-18;2*1-8-7-10-5-3-4-6-11(10)12(8)9(2)13;1-8-6-9-4-2-3-5-10(9)7-8;9-14(10,11)6-1-2-7-8(5-6)13-4-3-12-7;1-3(5)7-4(2)6;2-1-3;;;;;;;/h3-6,10-12H,7-9H2,1-2H3;2*3-6,8H,7H2,1-2H3;2-5,8H,6-7H2,1H3;1-2,5H,3-4H2;1-2H3;1H2;3*1H4;;3*1H/q;;;;;;;;;;+3;;;/p-3. The molecule has 5 heterocycles. The highest BCUT2D eigenvalue weighted by Crippen LogP contribution is 2.39. The molecule has 508 valence electrons. The molecule has 0 spiro atoms. The largest absolute Gasteiger partial charge is 0.643 e. The van der Waals surface area contributed by atoms with Crippen LogP contribution in [0, 0.1) is 5.92 Å². The second-order valence-corrected chi connectivity index (χ2v) is 32.9. The van der Waals surface area contributed by atoms with Crippen LogP contribution in [0.2, 0.25) is 0 Å². The minimum Gasteiger partial charge on any atom is -0.486 e. The van der Waals surface area contributed by atoms with E-state index in [1.54, 1.807) is 54.1 Å². The first-order valence-electron chi connectivity index (χ1n) is 28.5. The predicted octanol–water partition coefficient (Wildman–Crippen LogP) is 15.5. The summed E-state index contributed by atoms with van der Waals surface area (Å²) in [5.41, 5.74) is 9.52. The van der Waals surface area contributed by atoms with Crippen molar-refractivity contribution in [3.05, 3.63) is 155 Å². The maximum Gasteiger partial charge on any atom is 0.643 e. The van der Waals surface area contributed by atoms with Crippen LogP contribution in [0.4, 0.5) is 17.1 Å². The molecule has 5 aliphatic heterocycles. The van der Waals surface area contributed by atoms with Crippen molar-refractivity contribution in [3.63, 3.8) is 0 Å². The highest BCUT2D eigenvalue weighted by atomic mass is 35.8. The summed E-state index contributed by atoms with van der Waals surface area (Å²) in [5, 5.41) is 0.194. The summed E-state index contributed by atoms with van der Waals surface area (Å²) in [5.74, 6) is 1.93. The number of nitrogens with zero attached hydrogens (tertiary/aromatic N) is 3. The van der Waals surface area contributed by atoms with Gasteiger partial charge in [0, 0.05) is 92.6 Å². The molecule has 0 saturated carbocycles. The average molecular weight is 1460 g/mol. The number of sulfone groups is 1. The molecule has 0 fully saturated rings. The lowest BCUT2D eigenvalue weighted by Gasteiger charge is -2.20. The molecule has 1 aliphatic carbocycles. The molecule has 26 heteroatoms. The van der Waals surface area contributed by atoms with Crippen LogP contribution in [0.25, 0.3) is 0 Å². The molecule has 0 aromatic heterocycles. The fourth-order valence-corrected chi connectivity index (χ4v) is 12.9. The molecule has 12 rings (SSSR count). The number of fused-ring (bicyclic) bond motifs is 6. The third kappa shape index (κ3) is 24.4. The number of rotatable bonds is 3. The van der Waals surface area contributed by atoms with Crippen LogP contribution in [-0.4, -0.2) is 108 Å². The number of anilines is 3. The van der Waals surface area contributed by atoms with Gasteiger partial charge >= 0.3 is 23.3 Å². The summed E-state index contributed by atoms with van der Waals surface area (Å²) in [6, 6.07) is 39.5. The number of esters is 2. The van der Waals surface area contributed by atoms with Gasteiger partial charge in [-0.05, 0) is 141 Å². The fourth-order valence-electron chi connectivity index (χ4n) is 10.8. The van der Waals surface area contributed by atoms with Crippen LogP contribution >= 0.6 is 64.0 Å². The molecule has 3 amide bonds. The number of benzene rings is 6. The summed E-state index contributed by atoms with van der Waals surface area (Å²) in [4.78, 5) is 60.0. The van der Waals surface area contributed by atoms with E-state index in [1.807, 2.05) is 53.1 Å². The monoisotopic (exact) mass is 1460 g/mol. The first-order chi connectivity index (χ1) is 42.5. The van der Waals surface area contributed by atoms with Crippen LogP contribution in [-0.2, 0) is 79.7 Å². The number of amides is 3. The molecule has 6 aromatic rings. The lowest BCUT2D eigenvalue weighted by atomic mass is 10.1. The van der Waals surface area contributed by atoms with Crippen LogP contribution in [0.5, 0.6) is 23.0 Å². The third-order valence-corrected chi connectivity index (χ3v) is 17.3. The van der Waals surface area contributed by atoms with E-state index in [1.165, 1.54) is 75.1 Å². The lowest BCUT2D eigenvalue weighted by Crippen LogP contribution is -2.33. The molecule has 0 saturated heterocycles. The van der Waals surface area contributed by atoms with E-state index in [9.17, 15) is 40.8 Å². The van der Waals surface area contributed by atoms with Gasteiger partial charge in [0.05, 0.1) is 20.0 Å². The number of hydrogen-bond acceptors (Lipinski definition) is 14. The van der Waals surface area contributed by atoms with Crippen LogP contribution < -0.4 is 33.6 Å². The first kappa shape index (κ1) is 83.3. The molecule has 3 unspecified atom stereocenters. The maximum absolute atomic E-state index is 13.0. The Balaban J connectivity index is 0.000000386. The second-order valence-electron chi connectivity index (χ2n) is 21.1. The van der Waals surface area contributed by atoms with Crippen molar-refractivity contribution in [1.82, 2.24) is 0 Å². The zero-order valence-electron chi connectivity index (χ0n) is 51.2. The highest BCUT2D eigenvalue weighted by Gasteiger charge is 2.32. The van der Waals surface area contributed by atoms with Gasteiger partial charge in [-0.1, -0.05) is 89.9 Å². The number of carbonyl (C=O) groups excluding carboxylic acids is 5. The SMILES string of the molecule is C.C.C.CC(=O)N1c2ccc(S(=O)(=O)c3ccc4c(c3)OCCO4)cc2CC1C.CC(=O)N1c2ccccc2CC1C.CC(=O)N1c2ccccc2CC1C.CC(=O)OC(C)=O.CC1Cc2ccccc2C1.ClCCl.O=S(=O)(Cl)c1ccc2c(c1)OCCO2.[Cl][Al]([Cl])[Cl]. The van der Waals surface area contributed by atoms with E-state index in [0.717, 1.165) is 41.4 Å². The molecule has 6 aliphatic rings. The Morgan fingerprint density at radius 3 is 1.11 bits per heavy atom.